The Kier molecular flexibility index (Phi) is 11.6. The molecule has 0 aliphatic carbocycles. The van der Waals surface area contributed by atoms with E-state index >= 15 is 0 Å². The maximum atomic E-state index is 11.6. The molecule has 0 aliphatic rings. The monoisotopic (exact) mass is 567 g/mol. The summed E-state index contributed by atoms with van der Waals surface area (Å²) in [6.45, 7) is 9.78. The zero-order valence-electron chi connectivity index (χ0n) is 24.3. The molecule has 0 radical (unpaired) electrons. The van der Waals surface area contributed by atoms with E-state index < -0.39 is 11.4 Å². The minimum atomic E-state index is -0.900. The Morgan fingerprint density at radius 2 is 1.68 bits per heavy atom. The van der Waals surface area contributed by atoms with Crippen LogP contribution in [0, 0.1) is 20.8 Å². The van der Waals surface area contributed by atoms with Crippen molar-refractivity contribution in [3.05, 3.63) is 103 Å². The van der Waals surface area contributed by atoms with Crippen LogP contribution >= 0.6 is 0 Å². The van der Waals surface area contributed by atoms with Crippen LogP contribution in [0.15, 0.2) is 68.7 Å². The molecule has 0 unspecified atom stereocenters. The number of hydrogen-bond acceptors (Lipinski definition) is 6. The van der Waals surface area contributed by atoms with Crippen molar-refractivity contribution in [1.82, 2.24) is 15.0 Å². The Morgan fingerprint density at radius 1 is 0.976 bits per heavy atom. The van der Waals surface area contributed by atoms with E-state index in [0.717, 1.165) is 50.3 Å². The van der Waals surface area contributed by atoms with E-state index in [9.17, 15) is 14.4 Å². The van der Waals surface area contributed by atoms with Crippen LogP contribution in [-0.2, 0) is 17.9 Å². The summed E-state index contributed by atoms with van der Waals surface area (Å²) >= 11 is 0. The summed E-state index contributed by atoms with van der Waals surface area (Å²) in [7, 11) is 0. The molecule has 0 spiro atoms. The van der Waals surface area contributed by atoms with Gasteiger partial charge in [0.25, 0.3) is 0 Å². The first-order valence-corrected chi connectivity index (χ1v) is 13.3. The Hall–Kier alpha value is -3.53. The number of carbonyl (C=O) groups is 1. The average Bonchev–Trinajstić information content (AvgIpc) is 3.24. The molecule has 4 rings (SSSR count). The van der Waals surface area contributed by atoms with Crippen molar-refractivity contribution in [1.29, 1.82) is 0 Å². The van der Waals surface area contributed by atoms with Crippen LogP contribution in [0.4, 0.5) is 0 Å². The van der Waals surface area contributed by atoms with Crippen LogP contribution < -0.4 is 60.8 Å². The second kappa shape index (κ2) is 14.9. The van der Waals surface area contributed by atoms with Gasteiger partial charge in [-0.3, -0.25) is 14.3 Å². The van der Waals surface area contributed by atoms with Gasteiger partial charge in [0.2, 0.25) is 5.91 Å². The van der Waals surface area contributed by atoms with Gasteiger partial charge in [0.15, 0.2) is 5.69 Å². The number of amides is 1. The van der Waals surface area contributed by atoms with Gasteiger partial charge in [-0.05, 0) is 90.4 Å². The van der Waals surface area contributed by atoms with E-state index in [1.165, 1.54) is 5.56 Å². The number of ether oxygens (including phenoxy) is 2. The maximum Gasteiger partial charge on any atom is 1.00 e. The summed E-state index contributed by atoms with van der Waals surface area (Å²) in [5.41, 5.74) is 6.87. The van der Waals surface area contributed by atoms with E-state index in [2.05, 4.69) is 55.3 Å². The van der Waals surface area contributed by atoms with Crippen LogP contribution in [0.1, 0.15) is 47.6 Å². The van der Waals surface area contributed by atoms with Gasteiger partial charge in [0, 0.05) is 19.5 Å². The predicted octanol–water partition coefficient (Wildman–Crippen LogP) is 1.28. The molecule has 0 aliphatic heterocycles. The topological polar surface area (TPSA) is 114 Å². The molecular formula is C31H34N3NaO6. The molecule has 9 nitrogen and oxygen atoms in total. The van der Waals surface area contributed by atoms with E-state index in [-0.39, 0.29) is 42.0 Å². The second-order valence-electron chi connectivity index (χ2n) is 9.65. The minimum absolute atomic E-state index is 0. The summed E-state index contributed by atoms with van der Waals surface area (Å²) in [5, 5.41) is 2.86. The number of rotatable bonds is 12. The molecule has 1 N–H and O–H groups in total. The van der Waals surface area contributed by atoms with Gasteiger partial charge in [0.05, 0.1) is 6.61 Å². The van der Waals surface area contributed by atoms with Crippen LogP contribution in [0.3, 0.4) is 0 Å². The van der Waals surface area contributed by atoms with Crippen LogP contribution in [0.25, 0.3) is 11.1 Å². The molecule has 1 amide bonds. The zero-order chi connectivity index (χ0) is 28.6. The second-order valence-corrected chi connectivity index (χ2v) is 9.65. The molecule has 0 fully saturated rings. The first-order chi connectivity index (χ1) is 19.2. The summed E-state index contributed by atoms with van der Waals surface area (Å²) in [5.74, 6) is 0.660. The quantitative estimate of drug-likeness (QED) is 0.203. The van der Waals surface area contributed by atoms with Crippen molar-refractivity contribution in [3.8, 4) is 22.6 Å². The number of aryl methyl sites for hydroxylation is 2. The normalized spacial score (nSPS) is 10.6. The zero-order valence-corrected chi connectivity index (χ0v) is 26.3. The third-order valence-corrected chi connectivity index (χ3v) is 6.69. The summed E-state index contributed by atoms with van der Waals surface area (Å²) in [4.78, 5) is 37.3. The molecular weight excluding hydrogens is 533 g/mol. The largest absolute Gasteiger partial charge is 1.00 e. The number of nitrogens with zero attached hydrogens (tertiary/aromatic N) is 2. The number of nitrogens with one attached hydrogen (secondary N) is 1. The Labute approximate surface area is 261 Å². The van der Waals surface area contributed by atoms with E-state index in [0.29, 0.717) is 31.9 Å². The number of benzene rings is 3. The number of carbonyl (C=O) groups excluding carboxylic acids is 1. The third-order valence-electron chi connectivity index (χ3n) is 6.69. The third kappa shape index (κ3) is 8.48. The molecule has 0 atom stereocenters. The van der Waals surface area contributed by atoms with E-state index in [1.807, 2.05) is 37.3 Å². The fourth-order valence-corrected chi connectivity index (χ4v) is 4.56. The van der Waals surface area contributed by atoms with E-state index in [1.54, 1.807) is 0 Å². The van der Waals surface area contributed by atoms with Crippen molar-refractivity contribution in [2.75, 3.05) is 13.2 Å². The molecule has 1 heterocycles. The van der Waals surface area contributed by atoms with Crippen molar-refractivity contribution in [2.24, 2.45) is 0 Å². The van der Waals surface area contributed by atoms with Crippen LogP contribution in [0.5, 0.6) is 11.5 Å². The molecule has 10 heteroatoms. The van der Waals surface area contributed by atoms with Gasteiger partial charge >= 0.3 is 35.3 Å². The van der Waals surface area contributed by atoms with Crippen molar-refractivity contribution in [2.45, 2.75) is 53.7 Å². The first kappa shape index (κ1) is 32.0. The van der Waals surface area contributed by atoms with Crippen molar-refractivity contribution < 1.29 is 48.3 Å². The van der Waals surface area contributed by atoms with Crippen LogP contribution in [0.2, 0.25) is 0 Å². The minimum Gasteiger partial charge on any atom is -0.494 e. The van der Waals surface area contributed by atoms with Crippen molar-refractivity contribution >= 4 is 5.91 Å². The van der Waals surface area contributed by atoms with Gasteiger partial charge < -0.3 is 24.3 Å². The molecule has 4 aromatic rings. The van der Waals surface area contributed by atoms with Gasteiger partial charge in [0.1, 0.15) is 18.1 Å². The molecule has 210 valence electrons. The summed E-state index contributed by atoms with van der Waals surface area (Å²) in [6.07, 6.45) is 1.24. The average molecular weight is 568 g/mol. The standard InChI is InChI=1S/C31H35N3O6.Na/c1-5-28(35)32-14-7-15-38-26-16-20(2)29(21(3)17-26)27-9-6-8-24(22(27)4)19-39-25-12-10-23(11-13-25)18-34-30(36)33-31(37)40-34;/h6,8-13,16-17H,5,7,14-15,18-19H2,1-4H3,(H2,32,33,35,36,37);/q;+1/p-1. The van der Waals surface area contributed by atoms with E-state index in [4.69, 9.17) is 14.0 Å². The Morgan fingerprint density at radius 3 is 2.32 bits per heavy atom. The maximum absolute atomic E-state index is 11.6. The molecule has 0 saturated carbocycles. The summed E-state index contributed by atoms with van der Waals surface area (Å²) in [6, 6.07) is 17.6. The first-order valence-electron chi connectivity index (χ1n) is 13.3. The number of hydrogen-bond donors (Lipinski definition) is 1. The predicted molar refractivity (Wildman–Crippen MR) is 152 cm³/mol. The molecule has 3 aromatic carbocycles. The molecule has 0 saturated heterocycles. The Bertz CT molecular complexity index is 1560. The Balaban J connectivity index is 0.00000462. The molecule has 0 bridgehead atoms. The molecule has 41 heavy (non-hydrogen) atoms. The van der Waals surface area contributed by atoms with Crippen molar-refractivity contribution in [3.63, 3.8) is 0 Å². The van der Waals surface area contributed by atoms with Gasteiger partial charge in [-0.2, -0.15) is 0 Å². The fourth-order valence-electron chi connectivity index (χ4n) is 4.56. The number of aromatic nitrogens is 2. The smallest absolute Gasteiger partial charge is 0.494 e. The van der Waals surface area contributed by atoms with Gasteiger partial charge in [-0.1, -0.05) is 37.3 Å². The van der Waals surface area contributed by atoms with Gasteiger partial charge in [-0.15, -0.1) is 0 Å². The van der Waals surface area contributed by atoms with Gasteiger partial charge in [-0.25, -0.2) is 4.79 Å². The summed E-state index contributed by atoms with van der Waals surface area (Å²) < 4.78 is 17.7. The van der Waals surface area contributed by atoms with Crippen LogP contribution in [-0.4, -0.2) is 23.8 Å². The fraction of sp³-hybridized carbons (Fsp3) is 0.323. The molecule has 1 aromatic heterocycles. The SMILES string of the molecule is CCC(=O)NCCCOc1cc(C)c(-c2cccc(COc3ccc(Cn4oc(=O)[n-]c4=O)cc3)c2C)c(C)c1.[Na+].